The fraction of sp³-hybridized carbons (Fsp3) is 0.318. The third kappa shape index (κ3) is 4.30. The highest BCUT2D eigenvalue weighted by atomic mass is 16.2. The van der Waals surface area contributed by atoms with E-state index >= 15 is 0 Å². The number of fused-ring (bicyclic) bond motifs is 1. The first-order valence-electron chi connectivity index (χ1n) is 9.92. The van der Waals surface area contributed by atoms with Crippen LogP contribution in [0.4, 0.5) is 5.69 Å². The van der Waals surface area contributed by atoms with E-state index in [4.69, 9.17) is 0 Å². The Bertz CT molecular complexity index is 928. The molecule has 29 heavy (non-hydrogen) atoms. The Kier molecular flexibility index (Phi) is 5.57. The molecule has 2 aliphatic rings. The summed E-state index contributed by atoms with van der Waals surface area (Å²) in [6, 6.07) is 17.1. The van der Waals surface area contributed by atoms with E-state index in [1.807, 2.05) is 30.3 Å². The number of nitrogens with zero attached hydrogens (tertiary/aromatic N) is 3. The van der Waals surface area contributed by atoms with Crippen LogP contribution in [-0.2, 0) is 22.6 Å². The highest BCUT2D eigenvalue weighted by molar-refractivity contribution is 6.39. The SMILES string of the molecule is C[C@@H]1N=C(C(=O)NCCN2CCc3ccccc3C2)NN(c2ccccc2)C1=O. The van der Waals surface area contributed by atoms with E-state index in [0.29, 0.717) is 12.2 Å². The average molecular weight is 391 g/mol. The number of nitrogens with one attached hydrogen (secondary N) is 2. The molecule has 2 aromatic rings. The second-order valence-electron chi connectivity index (χ2n) is 7.33. The first-order chi connectivity index (χ1) is 14.1. The molecule has 2 aromatic carbocycles. The maximum absolute atomic E-state index is 12.6. The zero-order chi connectivity index (χ0) is 20.2. The van der Waals surface area contributed by atoms with Crippen LogP contribution in [0.5, 0.6) is 0 Å². The van der Waals surface area contributed by atoms with Crippen molar-refractivity contribution >= 4 is 23.3 Å². The Morgan fingerprint density at radius 3 is 2.66 bits per heavy atom. The molecular formula is C22H25N5O2. The van der Waals surface area contributed by atoms with E-state index in [9.17, 15) is 9.59 Å². The minimum Gasteiger partial charge on any atom is -0.348 e. The lowest BCUT2D eigenvalue weighted by molar-refractivity contribution is -0.120. The van der Waals surface area contributed by atoms with Gasteiger partial charge in [0.15, 0.2) is 0 Å². The molecule has 2 amide bonds. The number of amides is 2. The van der Waals surface area contributed by atoms with Crippen molar-refractivity contribution in [1.82, 2.24) is 15.6 Å². The molecule has 1 atom stereocenters. The summed E-state index contributed by atoms with van der Waals surface area (Å²) in [4.78, 5) is 31.6. The number of benzene rings is 2. The smallest absolute Gasteiger partial charge is 0.288 e. The fourth-order valence-corrected chi connectivity index (χ4v) is 3.66. The number of hydrogen-bond acceptors (Lipinski definition) is 5. The van der Waals surface area contributed by atoms with E-state index in [1.165, 1.54) is 16.1 Å². The minimum absolute atomic E-state index is 0.157. The van der Waals surface area contributed by atoms with E-state index in [2.05, 4.69) is 44.9 Å². The molecule has 2 heterocycles. The minimum atomic E-state index is -0.615. The van der Waals surface area contributed by atoms with Gasteiger partial charge in [0.2, 0.25) is 5.84 Å². The fourth-order valence-electron chi connectivity index (χ4n) is 3.66. The molecule has 0 bridgehead atoms. The lowest BCUT2D eigenvalue weighted by Crippen LogP contribution is -2.58. The summed E-state index contributed by atoms with van der Waals surface area (Å²) in [7, 11) is 0. The Labute approximate surface area is 170 Å². The van der Waals surface area contributed by atoms with E-state index in [0.717, 1.165) is 26.1 Å². The number of anilines is 1. The number of carbonyl (C=O) groups excluding carboxylic acids is 2. The predicted octanol–water partition coefficient (Wildman–Crippen LogP) is 1.50. The molecule has 7 heteroatoms. The van der Waals surface area contributed by atoms with Crippen molar-refractivity contribution in [2.45, 2.75) is 25.9 Å². The Hall–Kier alpha value is -3.19. The Balaban J connectivity index is 1.33. The molecule has 2 aliphatic heterocycles. The zero-order valence-electron chi connectivity index (χ0n) is 16.5. The maximum atomic E-state index is 12.6. The first-order valence-corrected chi connectivity index (χ1v) is 9.92. The summed E-state index contributed by atoms with van der Waals surface area (Å²) in [5.74, 6) is -0.340. The van der Waals surface area contributed by atoms with Gasteiger partial charge in [-0.05, 0) is 36.6 Å². The maximum Gasteiger partial charge on any atom is 0.288 e. The number of rotatable bonds is 5. The van der Waals surface area contributed by atoms with Gasteiger partial charge in [-0.25, -0.2) is 10.0 Å². The molecule has 0 fully saturated rings. The Morgan fingerprint density at radius 2 is 1.86 bits per heavy atom. The van der Waals surface area contributed by atoms with Gasteiger partial charge in [-0.15, -0.1) is 0 Å². The van der Waals surface area contributed by atoms with Crippen molar-refractivity contribution in [2.24, 2.45) is 4.99 Å². The molecule has 0 unspecified atom stereocenters. The van der Waals surface area contributed by atoms with E-state index in [-0.39, 0.29) is 17.6 Å². The third-order valence-corrected chi connectivity index (χ3v) is 5.27. The molecule has 0 saturated carbocycles. The summed E-state index contributed by atoms with van der Waals surface area (Å²) in [6.07, 6.45) is 1.03. The Morgan fingerprint density at radius 1 is 1.14 bits per heavy atom. The molecule has 7 nitrogen and oxygen atoms in total. The van der Waals surface area contributed by atoms with Gasteiger partial charge in [-0.3, -0.25) is 19.9 Å². The van der Waals surface area contributed by atoms with Gasteiger partial charge in [-0.2, -0.15) is 0 Å². The molecule has 0 aliphatic carbocycles. The molecular weight excluding hydrogens is 366 g/mol. The van der Waals surface area contributed by atoms with Crippen LogP contribution in [0.1, 0.15) is 18.1 Å². The van der Waals surface area contributed by atoms with E-state index < -0.39 is 6.04 Å². The van der Waals surface area contributed by atoms with Gasteiger partial charge < -0.3 is 5.32 Å². The van der Waals surface area contributed by atoms with Crippen LogP contribution in [0.3, 0.4) is 0 Å². The third-order valence-electron chi connectivity index (χ3n) is 5.27. The van der Waals surface area contributed by atoms with Crippen LogP contribution in [0.2, 0.25) is 0 Å². The van der Waals surface area contributed by atoms with Crippen LogP contribution in [0.25, 0.3) is 0 Å². The highest BCUT2D eigenvalue weighted by Gasteiger charge is 2.30. The summed E-state index contributed by atoms with van der Waals surface area (Å²) < 4.78 is 0. The molecule has 2 N–H and O–H groups in total. The van der Waals surface area contributed by atoms with Crippen molar-refractivity contribution in [1.29, 1.82) is 0 Å². The standard InChI is InChI=1S/C22H25N5O2/c1-16-22(29)27(19-9-3-2-4-10-19)25-20(24-16)21(28)23-12-14-26-13-11-17-7-5-6-8-18(17)15-26/h2-10,16H,11-15H2,1H3,(H,23,28)(H,24,25)/t16-/m0/s1. The van der Waals surface area contributed by atoms with Gasteiger partial charge in [0.05, 0.1) is 5.69 Å². The zero-order valence-corrected chi connectivity index (χ0v) is 16.5. The van der Waals surface area contributed by atoms with Crippen LogP contribution in [-0.4, -0.2) is 48.2 Å². The monoisotopic (exact) mass is 391 g/mol. The number of hydrogen-bond donors (Lipinski definition) is 2. The van der Waals surface area contributed by atoms with Gasteiger partial charge in [0, 0.05) is 26.2 Å². The second-order valence-corrected chi connectivity index (χ2v) is 7.33. The second kappa shape index (κ2) is 8.45. The van der Waals surface area contributed by atoms with Crippen molar-refractivity contribution in [3.63, 3.8) is 0 Å². The van der Waals surface area contributed by atoms with Crippen molar-refractivity contribution in [3.05, 3.63) is 65.7 Å². The van der Waals surface area contributed by atoms with Crippen molar-refractivity contribution in [3.8, 4) is 0 Å². The number of amidine groups is 1. The number of carbonyl (C=O) groups is 2. The number of hydrazine groups is 1. The lowest BCUT2D eigenvalue weighted by Gasteiger charge is -2.31. The molecule has 0 spiro atoms. The van der Waals surface area contributed by atoms with Crippen LogP contribution in [0, 0.1) is 0 Å². The topological polar surface area (TPSA) is 77.0 Å². The quantitative estimate of drug-likeness (QED) is 0.810. The summed E-state index contributed by atoms with van der Waals surface area (Å²) >= 11 is 0. The number of aliphatic imine (C=N–C) groups is 1. The molecule has 4 rings (SSSR count). The summed E-state index contributed by atoms with van der Waals surface area (Å²) in [5.41, 5.74) is 6.30. The molecule has 0 saturated heterocycles. The van der Waals surface area contributed by atoms with Crippen LogP contribution >= 0.6 is 0 Å². The van der Waals surface area contributed by atoms with Crippen molar-refractivity contribution < 1.29 is 9.59 Å². The van der Waals surface area contributed by atoms with Gasteiger partial charge in [0.1, 0.15) is 6.04 Å². The number of para-hydroxylation sites is 1. The first kappa shape index (κ1) is 19.1. The molecule has 0 radical (unpaired) electrons. The highest BCUT2D eigenvalue weighted by Crippen LogP contribution is 2.18. The van der Waals surface area contributed by atoms with Gasteiger partial charge in [-0.1, -0.05) is 42.5 Å². The van der Waals surface area contributed by atoms with Gasteiger partial charge >= 0.3 is 0 Å². The predicted molar refractivity (Wildman–Crippen MR) is 112 cm³/mol. The van der Waals surface area contributed by atoms with E-state index in [1.54, 1.807) is 6.92 Å². The lowest BCUT2D eigenvalue weighted by atomic mass is 10.00. The van der Waals surface area contributed by atoms with Crippen molar-refractivity contribution in [2.75, 3.05) is 24.6 Å². The average Bonchev–Trinajstić information content (AvgIpc) is 2.76. The summed E-state index contributed by atoms with van der Waals surface area (Å²) in [6.45, 7) is 4.87. The largest absolute Gasteiger partial charge is 0.348 e. The van der Waals surface area contributed by atoms with Crippen LogP contribution in [0.15, 0.2) is 59.6 Å². The molecule has 0 aromatic heterocycles. The normalized spacial score (nSPS) is 19.2. The van der Waals surface area contributed by atoms with Gasteiger partial charge in [0.25, 0.3) is 11.8 Å². The molecule has 150 valence electrons. The van der Waals surface area contributed by atoms with Crippen LogP contribution < -0.4 is 15.8 Å². The summed E-state index contributed by atoms with van der Waals surface area (Å²) in [5, 5.41) is 4.30.